The first-order valence-electron chi connectivity index (χ1n) is 11.1. The highest BCUT2D eigenvalue weighted by atomic mass is 16.2. The first-order chi connectivity index (χ1) is 14.6. The quantitative estimate of drug-likeness (QED) is 0.706. The molecule has 2 aromatic rings. The molecule has 3 atom stereocenters. The third kappa shape index (κ3) is 3.37. The van der Waals surface area contributed by atoms with E-state index in [2.05, 4.69) is 5.32 Å². The lowest BCUT2D eigenvalue weighted by atomic mass is 9.75. The monoisotopic (exact) mass is 403 g/mol. The molecule has 2 fully saturated rings. The summed E-state index contributed by atoms with van der Waals surface area (Å²) in [7, 11) is 0. The van der Waals surface area contributed by atoms with E-state index in [9.17, 15) is 14.4 Å². The molecule has 1 heterocycles. The fourth-order valence-electron chi connectivity index (χ4n) is 5.63. The SMILES string of the molecule is O=C(C[NH+]1CC[C@H]2CCCC[C@@H]2C1)Nc1cccc2c1C(=O)c1ccccc1C2=O. The molecule has 0 radical (unpaired) electrons. The van der Waals surface area contributed by atoms with E-state index in [4.69, 9.17) is 0 Å². The number of hydrogen-bond donors (Lipinski definition) is 2. The highest BCUT2D eigenvalue weighted by Gasteiger charge is 2.35. The van der Waals surface area contributed by atoms with E-state index in [1.165, 1.54) is 37.0 Å². The molecule has 1 saturated carbocycles. The van der Waals surface area contributed by atoms with Crippen LogP contribution < -0.4 is 10.2 Å². The van der Waals surface area contributed by atoms with Crippen LogP contribution in [0, 0.1) is 11.8 Å². The molecule has 3 aliphatic rings. The van der Waals surface area contributed by atoms with Crippen LogP contribution in [0.15, 0.2) is 42.5 Å². The maximum atomic E-state index is 13.1. The van der Waals surface area contributed by atoms with Gasteiger partial charge in [-0.1, -0.05) is 49.2 Å². The van der Waals surface area contributed by atoms with Gasteiger partial charge in [0.05, 0.1) is 24.3 Å². The summed E-state index contributed by atoms with van der Waals surface area (Å²) in [6.45, 7) is 2.51. The van der Waals surface area contributed by atoms with Crippen LogP contribution in [0.1, 0.15) is 63.9 Å². The molecule has 5 nitrogen and oxygen atoms in total. The number of nitrogens with one attached hydrogen (secondary N) is 2. The zero-order valence-electron chi connectivity index (χ0n) is 17.1. The molecule has 30 heavy (non-hydrogen) atoms. The van der Waals surface area contributed by atoms with Crippen LogP contribution in [-0.4, -0.2) is 37.1 Å². The number of ketones is 2. The molecule has 0 spiro atoms. The normalized spacial score (nSPS) is 25.1. The summed E-state index contributed by atoms with van der Waals surface area (Å²) in [5, 5.41) is 2.94. The third-order valence-electron chi connectivity index (χ3n) is 7.12. The molecular formula is C25H27N2O3+. The minimum Gasteiger partial charge on any atom is -0.327 e. The lowest BCUT2D eigenvalue weighted by Crippen LogP contribution is -3.15. The Bertz CT molecular complexity index is 1030. The molecule has 0 bridgehead atoms. The summed E-state index contributed by atoms with van der Waals surface area (Å²) in [6, 6.07) is 12.0. The van der Waals surface area contributed by atoms with Gasteiger partial charge in [0.15, 0.2) is 18.1 Å². The maximum absolute atomic E-state index is 13.1. The van der Waals surface area contributed by atoms with Crippen molar-refractivity contribution in [3.63, 3.8) is 0 Å². The number of rotatable bonds is 3. The van der Waals surface area contributed by atoms with Gasteiger partial charge in [-0.05, 0) is 31.2 Å². The largest absolute Gasteiger partial charge is 0.327 e. The molecule has 1 saturated heterocycles. The second-order valence-corrected chi connectivity index (χ2v) is 8.95. The Morgan fingerprint density at radius 1 is 0.867 bits per heavy atom. The Labute approximate surface area is 176 Å². The number of piperidine rings is 1. The highest BCUT2D eigenvalue weighted by Crippen LogP contribution is 2.33. The number of fused-ring (bicyclic) bond motifs is 3. The number of carbonyl (C=O) groups is 3. The molecule has 2 aromatic carbocycles. The van der Waals surface area contributed by atoms with Gasteiger partial charge >= 0.3 is 0 Å². The van der Waals surface area contributed by atoms with Gasteiger partial charge in [0.25, 0.3) is 5.91 Å². The minimum atomic E-state index is -0.202. The van der Waals surface area contributed by atoms with Gasteiger partial charge < -0.3 is 10.2 Å². The van der Waals surface area contributed by atoms with Crippen molar-refractivity contribution >= 4 is 23.2 Å². The van der Waals surface area contributed by atoms with Crippen molar-refractivity contribution in [3.8, 4) is 0 Å². The number of amides is 1. The van der Waals surface area contributed by atoms with Gasteiger partial charge in [0, 0.05) is 22.6 Å². The van der Waals surface area contributed by atoms with E-state index in [1.807, 2.05) is 0 Å². The van der Waals surface area contributed by atoms with Crippen molar-refractivity contribution in [3.05, 3.63) is 64.7 Å². The Morgan fingerprint density at radius 3 is 2.37 bits per heavy atom. The van der Waals surface area contributed by atoms with Crippen LogP contribution in [-0.2, 0) is 4.79 Å². The summed E-state index contributed by atoms with van der Waals surface area (Å²) < 4.78 is 0. The minimum absolute atomic E-state index is 0.0910. The van der Waals surface area contributed by atoms with Crippen LogP contribution >= 0.6 is 0 Å². The fraction of sp³-hybridized carbons (Fsp3) is 0.400. The molecule has 5 heteroatoms. The third-order valence-corrected chi connectivity index (χ3v) is 7.12. The average molecular weight is 404 g/mol. The number of hydrogen-bond acceptors (Lipinski definition) is 3. The average Bonchev–Trinajstić information content (AvgIpc) is 2.77. The van der Waals surface area contributed by atoms with E-state index in [0.717, 1.165) is 24.9 Å². The van der Waals surface area contributed by atoms with E-state index in [1.54, 1.807) is 42.5 Å². The smallest absolute Gasteiger partial charge is 0.279 e. The van der Waals surface area contributed by atoms with Gasteiger partial charge in [-0.15, -0.1) is 0 Å². The summed E-state index contributed by atoms with van der Waals surface area (Å²) in [5.41, 5.74) is 1.96. The summed E-state index contributed by atoms with van der Waals surface area (Å²) in [6.07, 6.45) is 6.51. The maximum Gasteiger partial charge on any atom is 0.279 e. The molecule has 0 aromatic heterocycles. The van der Waals surface area contributed by atoms with E-state index in [0.29, 0.717) is 34.5 Å². The molecule has 1 unspecified atom stereocenters. The van der Waals surface area contributed by atoms with Crippen LogP contribution in [0.5, 0.6) is 0 Å². The van der Waals surface area contributed by atoms with Crippen LogP contribution in [0.2, 0.25) is 0 Å². The van der Waals surface area contributed by atoms with Crippen molar-refractivity contribution in [2.24, 2.45) is 11.8 Å². The van der Waals surface area contributed by atoms with Crippen molar-refractivity contribution in [2.45, 2.75) is 32.1 Å². The predicted octanol–water partition coefficient (Wildman–Crippen LogP) is 2.50. The van der Waals surface area contributed by atoms with E-state index >= 15 is 0 Å². The standard InChI is InChI=1S/C25H26N2O3/c28-22(15-27-13-12-16-6-1-2-7-17(16)14-27)26-21-11-5-10-20-23(21)25(30)19-9-4-3-8-18(19)24(20)29/h3-5,8-11,16-17H,1-2,6-7,12-15H2,(H,26,28)/p+1/t16-,17-/m1/s1. The Balaban J connectivity index is 1.33. The Morgan fingerprint density at radius 2 is 1.57 bits per heavy atom. The van der Waals surface area contributed by atoms with Gasteiger partial charge in [0.2, 0.25) is 0 Å². The van der Waals surface area contributed by atoms with E-state index < -0.39 is 0 Å². The molecule has 2 aliphatic carbocycles. The molecule has 1 aliphatic heterocycles. The van der Waals surface area contributed by atoms with Crippen LogP contribution in [0.25, 0.3) is 0 Å². The second kappa shape index (κ2) is 7.80. The van der Waals surface area contributed by atoms with Gasteiger partial charge in [-0.25, -0.2) is 0 Å². The number of benzene rings is 2. The van der Waals surface area contributed by atoms with E-state index in [-0.39, 0.29) is 17.5 Å². The van der Waals surface area contributed by atoms with Crippen molar-refractivity contribution in [1.82, 2.24) is 0 Å². The number of quaternary nitrogens is 1. The zero-order valence-corrected chi connectivity index (χ0v) is 17.1. The second-order valence-electron chi connectivity index (χ2n) is 8.95. The highest BCUT2D eigenvalue weighted by molar-refractivity contribution is 6.30. The Kier molecular flexibility index (Phi) is 4.99. The van der Waals surface area contributed by atoms with Crippen molar-refractivity contribution < 1.29 is 19.3 Å². The fourth-order valence-corrected chi connectivity index (χ4v) is 5.63. The van der Waals surface area contributed by atoms with Gasteiger partial charge in [0.1, 0.15) is 0 Å². The van der Waals surface area contributed by atoms with Crippen molar-refractivity contribution in [1.29, 1.82) is 0 Å². The zero-order chi connectivity index (χ0) is 20.7. The number of carbonyl (C=O) groups excluding carboxylic acids is 3. The summed E-state index contributed by atoms with van der Waals surface area (Å²) in [5.74, 6) is 1.13. The summed E-state index contributed by atoms with van der Waals surface area (Å²) in [4.78, 5) is 40.1. The summed E-state index contributed by atoms with van der Waals surface area (Å²) >= 11 is 0. The lowest BCUT2D eigenvalue weighted by Gasteiger charge is -2.38. The van der Waals surface area contributed by atoms with Crippen LogP contribution in [0.3, 0.4) is 0 Å². The first-order valence-corrected chi connectivity index (χ1v) is 11.1. The Hall–Kier alpha value is -2.79. The topological polar surface area (TPSA) is 67.7 Å². The molecule has 2 N–H and O–H groups in total. The van der Waals surface area contributed by atoms with Crippen LogP contribution in [0.4, 0.5) is 5.69 Å². The molecule has 1 amide bonds. The van der Waals surface area contributed by atoms with Gasteiger partial charge in [-0.2, -0.15) is 0 Å². The van der Waals surface area contributed by atoms with Crippen molar-refractivity contribution in [2.75, 3.05) is 25.0 Å². The predicted molar refractivity (Wildman–Crippen MR) is 114 cm³/mol. The molecular weight excluding hydrogens is 376 g/mol. The first kappa shape index (κ1) is 19.2. The molecule has 154 valence electrons. The molecule has 5 rings (SSSR count). The number of anilines is 1. The number of likely N-dealkylation sites (tertiary alicyclic amines) is 1. The van der Waals surface area contributed by atoms with Gasteiger partial charge in [-0.3, -0.25) is 14.4 Å². The lowest BCUT2D eigenvalue weighted by molar-refractivity contribution is -0.902.